The average molecular weight is 351 g/mol. The minimum absolute atomic E-state index is 0.0518. The molecule has 1 fully saturated rings. The Labute approximate surface area is 154 Å². The zero-order valence-corrected chi connectivity index (χ0v) is 15.2. The molecule has 4 rings (SSSR count). The maximum Gasteiger partial charge on any atom is 0.194 e. The van der Waals surface area contributed by atoms with Crippen molar-refractivity contribution in [1.82, 2.24) is 5.32 Å². The molecule has 0 radical (unpaired) electrons. The quantitative estimate of drug-likeness (QED) is 0.723. The van der Waals surface area contributed by atoms with E-state index in [1.165, 1.54) is 19.3 Å². The molecule has 2 aromatic carbocycles. The van der Waals surface area contributed by atoms with E-state index in [-0.39, 0.29) is 5.78 Å². The molecule has 1 unspecified atom stereocenters. The molecule has 1 aliphatic carbocycles. The minimum atomic E-state index is 0.0518. The smallest absolute Gasteiger partial charge is 0.194 e. The van der Waals surface area contributed by atoms with Crippen LogP contribution in [-0.4, -0.2) is 31.6 Å². The maximum absolute atomic E-state index is 12.8. The van der Waals surface area contributed by atoms with Crippen LogP contribution in [0.1, 0.15) is 48.5 Å². The number of nitrogens with one attached hydrogen (secondary N) is 1. The van der Waals surface area contributed by atoms with Crippen LogP contribution >= 0.6 is 0 Å². The third kappa shape index (κ3) is 3.10. The van der Waals surface area contributed by atoms with Crippen LogP contribution in [0.5, 0.6) is 11.5 Å². The molecule has 1 atom stereocenters. The van der Waals surface area contributed by atoms with Gasteiger partial charge in [-0.2, -0.15) is 0 Å². The summed E-state index contributed by atoms with van der Waals surface area (Å²) < 4.78 is 11.9. The van der Waals surface area contributed by atoms with Gasteiger partial charge in [0.25, 0.3) is 0 Å². The van der Waals surface area contributed by atoms with E-state index < -0.39 is 0 Å². The first-order chi connectivity index (χ1) is 12.8. The fraction of sp³-hybridized carbons (Fsp3) is 0.409. The molecule has 1 aliphatic heterocycles. The second kappa shape index (κ2) is 7.50. The molecule has 2 aromatic rings. The zero-order chi connectivity index (χ0) is 17.9. The third-order valence-electron chi connectivity index (χ3n) is 5.23. The molecule has 1 N–H and O–H groups in total. The van der Waals surface area contributed by atoms with Crippen molar-refractivity contribution in [2.75, 3.05) is 19.8 Å². The zero-order valence-electron chi connectivity index (χ0n) is 15.2. The van der Waals surface area contributed by atoms with Gasteiger partial charge in [-0.1, -0.05) is 30.7 Å². The Hall–Kier alpha value is -2.33. The maximum atomic E-state index is 12.8. The Bertz CT molecular complexity index is 809. The summed E-state index contributed by atoms with van der Waals surface area (Å²) in [5, 5.41) is 3.55. The lowest BCUT2D eigenvalue weighted by Gasteiger charge is -2.23. The SMILES string of the molecule is CCOc1cccc2c1-c1c(OCCC3CCCCN3)cccc1C2=O. The van der Waals surface area contributed by atoms with Gasteiger partial charge in [0.15, 0.2) is 5.78 Å². The molecule has 0 bridgehead atoms. The Kier molecular flexibility index (Phi) is 4.93. The molecule has 4 heteroatoms. The Morgan fingerprint density at radius 2 is 1.69 bits per heavy atom. The lowest BCUT2D eigenvalue weighted by atomic mass is 10.0. The van der Waals surface area contributed by atoms with Crippen molar-refractivity contribution in [3.63, 3.8) is 0 Å². The van der Waals surface area contributed by atoms with Gasteiger partial charge < -0.3 is 14.8 Å². The summed E-state index contributed by atoms with van der Waals surface area (Å²) >= 11 is 0. The summed E-state index contributed by atoms with van der Waals surface area (Å²) in [6, 6.07) is 11.9. The van der Waals surface area contributed by atoms with Crippen molar-refractivity contribution in [3.8, 4) is 22.6 Å². The van der Waals surface area contributed by atoms with Crippen LogP contribution in [0.4, 0.5) is 0 Å². The summed E-state index contributed by atoms with van der Waals surface area (Å²) in [7, 11) is 0. The standard InChI is InChI=1S/C22H25NO3/c1-2-25-18-10-5-8-16-20(18)21-17(22(16)24)9-6-11-19(21)26-14-12-15-7-3-4-13-23-15/h5-6,8-11,15,23H,2-4,7,12-14H2,1H3. The average Bonchev–Trinajstić information content (AvgIpc) is 2.97. The summed E-state index contributed by atoms with van der Waals surface area (Å²) in [6.45, 7) is 4.27. The monoisotopic (exact) mass is 351 g/mol. The first-order valence-electron chi connectivity index (χ1n) is 9.59. The second-order valence-electron chi connectivity index (χ2n) is 6.90. The molecule has 0 aromatic heterocycles. The van der Waals surface area contributed by atoms with Crippen LogP contribution in [0.15, 0.2) is 36.4 Å². The number of hydrogen-bond acceptors (Lipinski definition) is 4. The van der Waals surface area contributed by atoms with Gasteiger partial charge in [-0.15, -0.1) is 0 Å². The van der Waals surface area contributed by atoms with E-state index in [4.69, 9.17) is 9.47 Å². The van der Waals surface area contributed by atoms with Crippen molar-refractivity contribution in [2.45, 2.75) is 38.6 Å². The first-order valence-corrected chi connectivity index (χ1v) is 9.59. The van der Waals surface area contributed by atoms with Gasteiger partial charge in [-0.3, -0.25) is 4.79 Å². The topological polar surface area (TPSA) is 47.6 Å². The number of carbonyl (C=O) groups excluding carboxylic acids is 1. The number of carbonyl (C=O) groups is 1. The highest BCUT2D eigenvalue weighted by Gasteiger charge is 2.32. The van der Waals surface area contributed by atoms with Gasteiger partial charge >= 0.3 is 0 Å². The van der Waals surface area contributed by atoms with Crippen LogP contribution < -0.4 is 14.8 Å². The number of ether oxygens (including phenoxy) is 2. The highest BCUT2D eigenvalue weighted by atomic mass is 16.5. The normalized spacial score (nSPS) is 18.3. The van der Waals surface area contributed by atoms with Gasteiger partial charge in [0.1, 0.15) is 11.5 Å². The van der Waals surface area contributed by atoms with Crippen molar-refractivity contribution < 1.29 is 14.3 Å². The van der Waals surface area contributed by atoms with Gasteiger partial charge in [0.05, 0.1) is 13.2 Å². The molecule has 4 nitrogen and oxygen atoms in total. The van der Waals surface area contributed by atoms with E-state index in [0.29, 0.717) is 30.4 Å². The predicted octanol–water partition coefficient (Wildman–Crippen LogP) is 4.21. The molecule has 136 valence electrons. The molecule has 0 spiro atoms. The summed E-state index contributed by atoms with van der Waals surface area (Å²) in [5.74, 6) is 1.58. The molecular weight excluding hydrogens is 326 g/mol. The van der Waals surface area contributed by atoms with Gasteiger partial charge in [0.2, 0.25) is 0 Å². The van der Waals surface area contributed by atoms with Gasteiger partial charge in [-0.05, 0) is 44.9 Å². The molecule has 26 heavy (non-hydrogen) atoms. The lowest BCUT2D eigenvalue weighted by molar-refractivity contribution is 0.104. The first kappa shape index (κ1) is 17.1. The van der Waals surface area contributed by atoms with E-state index in [1.807, 2.05) is 43.3 Å². The van der Waals surface area contributed by atoms with Gasteiger partial charge in [0, 0.05) is 28.3 Å². The Morgan fingerprint density at radius 1 is 1.00 bits per heavy atom. The third-order valence-corrected chi connectivity index (χ3v) is 5.23. The van der Waals surface area contributed by atoms with Crippen LogP contribution in [0.3, 0.4) is 0 Å². The van der Waals surface area contributed by atoms with Crippen LogP contribution in [0.2, 0.25) is 0 Å². The van der Waals surface area contributed by atoms with Crippen LogP contribution in [0, 0.1) is 0 Å². The Balaban J connectivity index is 1.61. The Morgan fingerprint density at radius 3 is 2.31 bits per heavy atom. The van der Waals surface area contributed by atoms with Crippen molar-refractivity contribution in [3.05, 3.63) is 47.5 Å². The molecular formula is C22H25NO3. The lowest BCUT2D eigenvalue weighted by Crippen LogP contribution is -2.35. The minimum Gasteiger partial charge on any atom is -0.493 e. The van der Waals surface area contributed by atoms with Crippen molar-refractivity contribution in [2.24, 2.45) is 0 Å². The number of piperidine rings is 1. The van der Waals surface area contributed by atoms with Crippen molar-refractivity contribution >= 4 is 5.78 Å². The van der Waals surface area contributed by atoms with E-state index in [9.17, 15) is 4.79 Å². The van der Waals surface area contributed by atoms with Gasteiger partial charge in [-0.25, -0.2) is 0 Å². The van der Waals surface area contributed by atoms with Crippen LogP contribution in [-0.2, 0) is 0 Å². The number of ketones is 1. The van der Waals surface area contributed by atoms with E-state index >= 15 is 0 Å². The largest absolute Gasteiger partial charge is 0.493 e. The summed E-state index contributed by atoms with van der Waals surface area (Å²) in [6.07, 6.45) is 4.75. The molecule has 1 saturated heterocycles. The number of rotatable bonds is 6. The van der Waals surface area contributed by atoms with Crippen LogP contribution in [0.25, 0.3) is 11.1 Å². The van der Waals surface area contributed by atoms with E-state index in [0.717, 1.165) is 35.6 Å². The molecule has 2 aliphatic rings. The summed E-state index contributed by atoms with van der Waals surface area (Å²) in [5.41, 5.74) is 3.17. The second-order valence-corrected chi connectivity index (χ2v) is 6.90. The highest BCUT2D eigenvalue weighted by molar-refractivity contribution is 6.23. The number of fused-ring (bicyclic) bond motifs is 3. The predicted molar refractivity (Wildman–Crippen MR) is 102 cm³/mol. The van der Waals surface area contributed by atoms with E-state index in [2.05, 4.69) is 5.32 Å². The summed E-state index contributed by atoms with van der Waals surface area (Å²) in [4.78, 5) is 12.8. The van der Waals surface area contributed by atoms with E-state index in [1.54, 1.807) is 0 Å². The fourth-order valence-corrected chi connectivity index (χ4v) is 3.98. The highest BCUT2D eigenvalue weighted by Crippen LogP contribution is 2.47. The molecule has 0 amide bonds. The molecule has 1 heterocycles. The number of hydrogen-bond donors (Lipinski definition) is 1. The fourth-order valence-electron chi connectivity index (χ4n) is 3.98. The van der Waals surface area contributed by atoms with Crippen molar-refractivity contribution in [1.29, 1.82) is 0 Å². The number of benzene rings is 2. The molecule has 0 saturated carbocycles.